The number of rotatable bonds is 6. The van der Waals surface area contributed by atoms with Crippen LogP contribution in [0, 0.1) is 11.8 Å². The lowest BCUT2D eigenvalue weighted by atomic mass is 9.99. The highest BCUT2D eigenvalue weighted by Gasteiger charge is 2.33. The number of hydrogen-bond donors (Lipinski definition) is 4. The molecule has 200 valence electrons. The molecular weight excluding hydrogens is 524 g/mol. The van der Waals surface area contributed by atoms with Gasteiger partial charge in [-0.15, -0.1) is 0 Å². The number of pyridine rings is 1. The molecule has 1 fully saturated rings. The molecule has 0 saturated carbocycles. The number of imidazole rings is 1. The zero-order valence-corrected chi connectivity index (χ0v) is 21.0. The van der Waals surface area contributed by atoms with Crippen molar-refractivity contribution in [3.63, 3.8) is 0 Å². The standard InChI is InChI=1S/C25H24F4N6O2S/c1-37-21-11-15-14(6-8-32-23(15)36)10-19(21)31-7-2-4-18-24(38-25(27,28)29)35-9-3-5-17(22(35)34-18)33-20-13-30-12-16(20)26/h3,5,9-11,16,20,30-31,33H,6-8,12-13H2,1H3,(H,32,36)/t16-,20+/m0/s1. The van der Waals surface area contributed by atoms with E-state index < -0.39 is 17.7 Å². The number of carbonyl (C=O) groups is 1. The van der Waals surface area contributed by atoms with Gasteiger partial charge in [-0.25, -0.2) is 9.37 Å². The number of carbonyl (C=O) groups excluding carboxylic acids is 1. The molecule has 5 rings (SSSR count). The number of benzene rings is 1. The van der Waals surface area contributed by atoms with Gasteiger partial charge in [-0.2, -0.15) is 13.2 Å². The minimum atomic E-state index is -4.56. The average molecular weight is 549 g/mol. The molecule has 1 saturated heterocycles. The first-order valence-electron chi connectivity index (χ1n) is 11.8. The van der Waals surface area contributed by atoms with Crippen molar-refractivity contribution in [1.82, 2.24) is 20.0 Å². The number of ether oxygens (including phenoxy) is 1. The molecular formula is C25H24F4N6O2S. The van der Waals surface area contributed by atoms with Gasteiger partial charge in [0.05, 0.1) is 31.1 Å². The summed E-state index contributed by atoms with van der Waals surface area (Å²) in [5.41, 5.74) is -1.93. The molecule has 0 aliphatic carbocycles. The Morgan fingerprint density at radius 1 is 1.29 bits per heavy atom. The van der Waals surface area contributed by atoms with E-state index in [2.05, 4.69) is 38.1 Å². The SMILES string of the molecule is COc1cc2c(cc1NCC#Cc1nc3c(N[C@@H]4CNC[C@@H]4F)cccn3c1SC(F)(F)F)CCNC2=O. The van der Waals surface area contributed by atoms with Gasteiger partial charge in [-0.3, -0.25) is 9.20 Å². The molecule has 2 aromatic heterocycles. The predicted molar refractivity (Wildman–Crippen MR) is 137 cm³/mol. The Hall–Kier alpha value is -3.63. The van der Waals surface area contributed by atoms with Crippen molar-refractivity contribution in [3.05, 3.63) is 47.3 Å². The van der Waals surface area contributed by atoms with Crippen LogP contribution in [0.1, 0.15) is 21.6 Å². The summed E-state index contributed by atoms with van der Waals surface area (Å²) in [5.74, 6) is 5.86. The number of amides is 1. The molecule has 1 aromatic carbocycles. The van der Waals surface area contributed by atoms with E-state index in [-0.39, 0.29) is 47.1 Å². The van der Waals surface area contributed by atoms with Crippen LogP contribution in [0.5, 0.6) is 5.75 Å². The van der Waals surface area contributed by atoms with Crippen molar-refractivity contribution in [2.24, 2.45) is 0 Å². The third-order valence-electron chi connectivity index (χ3n) is 6.22. The minimum absolute atomic E-state index is 0.0428. The Kier molecular flexibility index (Phi) is 7.27. The van der Waals surface area contributed by atoms with Gasteiger partial charge < -0.3 is 26.0 Å². The summed E-state index contributed by atoms with van der Waals surface area (Å²) in [4.78, 5) is 16.5. The maximum atomic E-state index is 14.1. The summed E-state index contributed by atoms with van der Waals surface area (Å²) in [6.07, 6.45) is 1.01. The molecule has 0 unspecified atom stereocenters. The summed E-state index contributed by atoms with van der Waals surface area (Å²) in [7, 11) is 1.48. The van der Waals surface area contributed by atoms with Crippen molar-refractivity contribution in [3.8, 4) is 17.6 Å². The van der Waals surface area contributed by atoms with E-state index in [1.54, 1.807) is 18.2 Å². The lowest BCUT2D eigenvalue weighted by molar-refractivity contribution is -0.0330. The van der Waals surface area contributed by atoms with Gasteiger partial charge >= 0.3 is 5.51 Å². The third kappa shape index (κ3) is 5.46. The second-order valence-electron chi connectivity index (χ2n) is 8.72. The number of fused-ring (bicyclic) bond motifs is 2. The molecule has 8 nitrogen and oxygen atoms in total. The number of aromatic nitrogens is 2. The highest BCUT2D eigenvalue weighted by atomic mass is 32.2. The van der Waals surface area contributed by atoms with E-state index in [1.807, 2.05) is 6.07 Å². The highest BCUT2D eigenvalue weighted by molar-refractivity contribution is 8.00. The maximum absolute atomic E-state index is 14.1. The number of thioether (sulfide) groups is 1. The average Bonchev–Trinajstić information content (AvgIpc) is 3.44. The summed E-state index contributed by atoms with van der Waals surface area (Å²) in [5, 5.41) is 11.7. The molecule has 0 bridgehead atoms. The van der Waals surface area contributed by atoms with Crippen LogP contribution in [0.2, 0.25) is 0 Å². The van der Waals surface area contributed by atoms with Crippen LogP contribution in [0.4, 0.5) is 28.9 Å². The number of alkyl halides is 4. The van der Waals surface area contributed by atoms with E-state index in [9.17, 15) is 22.4 Å². The van der Waals surface area contributed by atoms with Crippen LogP contribution in [0.15, 0.2) is 35.5 Å². The summed E-state index contributed by atoms with van der Waals surface area (Å²) >= 11 is -0.303. The molecule has 0 radical (unpaired) electrons. The zero-order valence-electron chi connectivity index (χ0n) is 20.2. The first-order chi connectivity index (χ1) is 18.2. The topological polar surface area (TPSA) is 91.7 Å². The Morgan fingerprint density at radius 3 is 2.87 bits per heavy atom. The first-order valence-corrected chi connectivity index (χ1v) is 12.6. The van der Waals surface area contributed by atoms with Gasteiger partial charge in [0.25, 0.3) is 5.91 Å². The number of anilines is 2. The molecule has 1 amide bonds. The van der Waals surface area contributed by atoms with Gasteiger partial charge in [0, 0.05) is 43.2 Å². The smallest absolute Gasteiger partial charge is 0.447 e. The van der Waals surface area contributed by atoms with Crippen molar-refractivity contribution in [2.75, 3.05) is 43.9 Å². The number of nitrogens with zero attached hydrogens (tertiary/aromatic N) is 2. The fourth-order valence-electron chi connectivity index (χ4n) is 4.46. The van der Waals surface area contributed by atoms with E-state index in [4.69, 9.17) is 4.74 Å². The maximum Gasteiger partial charge on any atom is 0.447 e. The van der Waals surface area contributed by atoms with Crippen molar-refractivity contribution >= 4 is 34.7 Å². The molecule has 2 atom stereocenters. The number of methoxy groups -OCH3 is 1. The normalized spacial score (nSPS) is 18.9. The van der Waals surface area contributed by atoms with Gasteiger partial charge in [0.1, 0.15) is 22.6 Å². The van der Waals surface area contributed by atoms with E-state index in [0.29, 0.717) is 42.2 Å². The fourth-order valence-corrected chi connectivity index (χ4v) is 5.12. The summed E-state index contributed by atoms with van der Waals surface area (Å²) in [6.45, 7) is 1.22. The van der Waals surface area contributed by atoms with E-state index >= 15 is 0 Å². The van der Waals surface area contributed by atoms with E-state index in [0.717, 1.165) is 5.56 Å². The second kappa shape index (κ2) is 10.6. The molecule has 4 N–H and O–H groups in total. The molecule has 2 aliphatic heterocycles. The zero-order chi connectivity index (χ0) is 26.9. The van der Waals surface area contributed by atoms with Crippen LogP contribution < -0.4 is 26.0 Å². The van der Waals surface area contributed by atoms with Gasteiger partial charge in [-0.1, -0.05) is 5.92 Å². The molecule has 0 spiro atoms. The van der Waals surface area contributed by atoms with E-state index in [1.165, 1.54) is 17.7 Å². The number of nitrogens with one attached hydrogen (secondary N) is 4. The summed E-state index contributed by atoms with van der Waals surface area (Å²) in [6, 6.07) is 6.17. The highest BCUT2D eigenvalue weighted by Crippen LogP contribution is 2.39. The molecule has 4 heterocycles. The van der Waals surface area contributed by atoms with Crippen LogP contribution in [-0.4, -0.2) is 66.3 Å². The molecule has 2 aliphatic rings. The summed E-state index contributed by atoms with van der Waals surface area (Å²) < 4.78 is 61.1. The van der Waals surface area contributed by atoms with Crippen LogP contribution in [0.25, 0.3) is 5.65 Å². The Balaban J connectivity index is 1.42. The quantitative estimate of drug-likeness (QED) is 0.213. The van der Waals surface area contributed by atoms with Gasteiger partial charge in [0.2, 0.25) is 0 Å². The van der Waals surface area contributed by atoms with Crippen molar-refractivity contribution < 1.29 is 27.1 Å². The lowest BCUT2D eigenvalue weighted by Crippen LogP contribution is -2.31. The Bertz CT molecular complexity index is 1430. The minimum Gasteiger partial charge on any atom is -0.495 e. The number of halogens is 4. The lowest BCUT2D eigenvalue weighted by Gasteiger charge is -2.19. The third-order valence-corrected chi connectivity index (χ3v) is 7.04. The largest absolute Gasteiger partial charge is 0.495 e. The Morgan fingerprint density at radius 2 is 2.13 bits per heavy atom. The van der Waals surface area contributed by atoms with Crippen LogP contribution in [0.3, 0.4) is 0 Å². The van der Waals surface area contributed by atoms with Crippen molar-refractivity contribution in [1.29, 1.82) is 0 Å². The number of hydrogen-bond acceptors (Lipinski definition) is 7. The van der Waals surface area contributed by atoms with Crippen LogP contribution in [-0.2, 0) is 6.42 Å². The van der Waals surface area contributed by atoms with Gasteiger partial charge in [0.15, 0.2) is 5.65 Å². The first kappa shape index (κ1) is 26.0. The molecule has 38 heavy (non-hydrogen) atoms. The monoisotopic (exact) mass is 548 g/mol. The Labute approximate surface area is 219 Å². The fraction of sp³-hybridized carbons (Fsp3) is 0.360. The predicted octanol–water partition coefficient (Wildman–Crippen LogP) is 3.43. The van der Waals surface area contributed by atoms with Gasteiger partial charge in [-0.05, 0) is 42.2 Å². The molecule has 3 aromatic rings. The van der Waals surface area contributed by atoms with Crippen molar-refractivity contribution in [2.45, 2.75) is 29.2 Å². The molecule has 13 heteroatoms. The van der Waals surface area contributed by atoms with Crippen LogP contribution >= 0.6 is 11.8 Å². The second-order valence-corrected chi connectivity index (χ2v) is 9.78.